The maximum Gasteiger partial charge on any atom is 0.0830 e. The average molecular weight is 197 g/mol. The standard InChI is InChI=1S/C12H23NO/c1-13-11(7-6-10-4-5-10)12(14-2)8-3-9-12/h10-11,13H,3-9H2,1-2H3. The molecule has 0 amide bonds. The third-order valence-corrected chi connectivity index (χ3v) is 4.15. The minimum atomic E-state index is 0.184. The molecule has 0 aromatic carbocycles. The summed E-state index contributed by atoms with van der Waals surface area (Å²) in [7, 11) is 3.96. The number of rotatable bonds is 6. The number of likely N-dealkylation sites (N-methyl/N-ethyl adjacent to an activating group) is 1. The Balaban J connectivity index is 1.82. The van der Waals surface area contributed by atoms with Crippen LogP contribution in [0.25, 0.3) is 0 Å². The molecule has 0 aromatic rings. The summed E-state index contributed by atoms with van der Waals surface area (Å²) in [5.41, 5.74) is 0.184. The van der Waals surface area contributed by atoms with Gasteiger partial charge in [0.15, 0.2) is 0 Å². The van der Waals surface area contributed by atoms with E-state index in [0.29, 0.717) is 6.04 Å². The van der Waals surface area contributed by atoms with E-state index in [1.54, 1.807) is 0 Å². The minimum Gasteiger partial charge on any atom is -0.377 e. The van der Waals surface area contributed by atoms with Crippen LogP contribution in [0.1, 0.15) is 44.9 Å². The summed E-state index contributed by atoms with van der Waals surface area (Å²) in [6.45, 7) is 0. The van der Waals surface area contributed by atoms with E-state index >= 15 is 0 Å². The van der Waals surface area contributed by atoms with Gasteiger partial charge in [-0.25, -0.2) is 0 Å². The van der Waals surface area contributed by atoms with Gasteiger partial charge in [-0.1, -0.05) is 12.8 Å². The summed E-state index contributed by atoms with van der Waals surface area (Å²) in [4.78, 5) is 0. The largest absolute Gasteiger partial charge is 0.377 e. The zero-order chi connectivity index (χ0) is 10.0. The van der Waals surface area contributed by atoms with Crippen molar-refractivity contribution in [1.29, 1.82) is 0 Å². The third kappa shape index (κ3) is 1.96. The van der Waals surface area contributed by atoms with E-state index in [4.69, 9.17) is 4.74 Å². The van der Waals surface area contributed by atoms with Crippen LogP contribution in [0.15, 0.2) is 0 Å². The van der Waals surface area contributed by atoms with Gasteiger partial charge in [-0.15, -0.1) is 0 Å². The predicted molar refractivity (Wildman–Crippen MR) is 58.4 cm³/mol. The smallest absolute Gasteiger partial charge is 0.0830 e. The van der Waals surface area contributed by atoms with Gasteiger partial charge >= 0.3 is 0 Å². The highest BCUT2D eigenvalue weighted by molar-refractivity contribution is 4.99. The lowest BCUT2D eigenvalue weighted by Crippen LogP contribution is -2.55. The molecule has 0 radical (unpaired) electrons. The van der Waals surface area contributed by atoms with E-state index in [1.807, 2.05) is 7.11 Å². The Morgan fingerprint density at radius 2 is 2.14 bits per heavy atom. The molecule has 1 N–H and O–H groups in total. The van der Waals surface area contributed by atoms with Crippen molar-refractivity contribution in [3.63, 3.8) is 0 Å². The van der Waals surface area contributed by atoms with Gasteiger partial charge in [0.2, 0.25) is 0 Å². The summed E-state index contributed by atoms with van der Waals surface area (Å²) >= 11 is 0. The molecule has 0 bridgehead atoms. The zero-order valence-corrected chi connectivity index (χ0v) is 9.51. The average Bonchev–Trinajstić information content (AvgIpc) is 2.93. The molecule has 1 unspecified atom stereocenters. The Bertz CT molecular complexity index is 179. The van der Waals surface area contributed by atoms with Crippen molar-refractivity contribution in [2.75, 3.05) is 14.2 Å². The fourth-order valence-corrected chi connectivity index (χ4v) is 2.70. The molecule has 2 rings (SSSR count). The molecule has 14 heavy (non-hydrogen) atoms. The Hall–Kier alpha value is -0.0800. The SMILES string of the molecule is CNC(CCC1CC1)C1(OC)CCC1. The molecule has 0 saturated heterocycles. The Morgan fingerprint density at radius 1 is 1.43 bits per heavy atom. The Labute approximate surface area is 87.4 Å². The van der Waals surface area contributed by atoms with Crippen molar-refractivity contribution in [1.82, 2.24) is 5.32 Å². The topological polar surface area (TPSA) is 21.3 Å². The lowest BCUT2D eigenvalue weighted by molar-refractivity contribution is -0.0989. The Kier molecular flexibility index (Phi) is 3.13. The van der Waals surface area contributed by atoms with Crippen LogP contribution in [0, 0.1) is 5.92 Å². The van der Waals surface area contributed by atoms with E-state index in [2.05, 4.69) is 12.4 Å². The maximum atomic E-state index is 5.72. The van der Waals surface area contributed by atoms with Crippen molar-refractivity contribution >= 4 is 0 Å². The van der Waals surface area contributed by atoms with Crippen LogP contribution in [0.2, 0.25) is 0 Å². The number of methoxy groups -OCH3 is 1. The molecule has 2 aliphatic rings. The monoisotopic (exact) mass is 197 g/mol. The molecule has 0 heterocycles. The second-order valence-electron chi connectivity index (χ2n) is 4.98. The van der Waals surface area contributed by atoms with Crippen molar-refractivity contribution in [2.24, 2.45) is 5.92 Å². The Morgan fingerprint density at radius 3 is 2.50 bits per heavy atom. The van der Waals surface area contributed by atoms with Gasteiger partial charge < -0.3 is 10.1 Å². The highest BCUT2D eigenvalue weighted by Gasteiger charge is 2.43. The highest BCUT2D eigenvalue weighted by atomic mass is 16.5. The van der Waals surface area contributed by atoms with E-state index in [0.717, 1.165) is 5.92 Å². The van der Waals surface area contributed by atoms with E-state index in [-0.39, 0.29) is 5.60 Å². The molecule has 82 valence electrons. The molecule has 0 spiro atoms. The molecule has 1 atom stereocenters. The number of hydrogen-bond donors (Lipinski definition) is 1. The van der Waals surface area contributed by atoms with Gasteiger partial charge in [-0.2, -0.15) is 0 Å². The molecule has 0 aromatic heterocycles. The van der Waals surface area contributed by atoms with Crippen LogP contribution >= 0.6 is 0 Å². The first-order valence-corrected chi connectivity index (χ1v) is 6.03. The normalized spacial score (nSPS) is 27.0. The zero-order valence-electron chi connectivity index (χ0n) is 9.51. The summed E-state index contributed by atoms with van der Waals surface area (Å²) in [5.74, 6) is 1.04. The van der Waals surface area contributed by atoms with Crippen LogP contribution in [0.3, 0.4) is 0 Å². The summed E-state index contributed by atoms with van der Waals surface area (Å²) in [6, 6.07) is 0.585. The quantitative estimate of drug-likeness (QED) is 0.705. The predicted octanol–water partition coefficient (Wildman–Crippen LogP) is 2.33. The van der Waals surface area contributed by atoms with E-state index in [1.165, 1.54) is 44.9 Å². The van der Waals surface area contributed by atoms with Gasteiger partial charge in [0, 0.05) is 13.2 Å². The second kappa shape index (κ2) is 4.19. The van der Waals surface area contributed by atoms with Crippen LogP contribution in [0.4, 0.5) is 0 Å². The number of ether oxygens (including phenoxy) is 1. The first-order chi connectivity index (χ1) is 6.80. The lowest BCUT2D eigenvalue weighted by atomic mass is 9.73. The molecule has 2 aliphatic carbocycles. The van der Waals surface area contributed by atoms with Crippen molar-refractivity contribution in [3.8, 4) is 0 Å². The lowest BCUT2D eigenvalue weighted by Gasteiger charge is -2.46. The molecule has 2 saturated carbocycles. The van der Waals surface area contributed by atoms with Crippen molar-refractivity contribution < 1.29 is 4.74 Å². The molecule has 2 nitrogen and oxygen atoms in total. The first kappa shape index (κ1) is 10.4. The van der Waals surface area contributed by atoms with Gasteiger partial charge in [0.1, 0.15) is 0 Å². The van der Waals surface area contributed by atoms with E-state index in [9.17, 15) is 0 Å². The van der Waals surface area contributed by atoms with Gasteiger partial charge in [0.05, 0.1) is 5.60 Å². The van der Waals surface area contributed by atoms with Gasteiger partial charge in [0.25, 0.3) is 0 Å². The van der Waals surface area contributed by atoms with Crippen LogP contribution in [0.5, 0.6) is 0 Å². The fourth-order valence-electron chi connectivity index (χ4n) is 2.70. The first-order valence-electron chi connectivity index (χ1n) is 6.03. The van der Waals surface area contributed by atoms with Crippen LogP contribution in [-0.2, 0) is 4.74 Å². The number of hydrogen-bond acceptors (Lipinski definition) is 2. The summed E-state index contributed by atoms with van der Waals surface area (Å²) < 4.78 is 5.72. The molecule has 2 fully saturated rings. The maximum absolute atomic E-state index is 5.72. The van der Waals surface area contributed by atoms with Gasteiger partial charge in [-0.3, -0.25) is 0 Å². The second-order valence-corrected chi connectivity index (χ2v) is 4.98. The molecular weight excluding hydrogens is 174 g/mol. The summed E-state index contributed by atoms with van der Waals surface area (Å²) in [6.07, 6.45) is 9.48. The van der Waals surface area contributed by atoms with Gasteiger partial charge in [-0.05, 0) is 45.1 Å². The van der Waals surface area contributed by atoms with Crippen molar-refractivity contribution in [3.05, 3.63) is 0 Å². The fraction of sp³-hybridized carbons (Fsp3) is 1.00. The summed E-state index contributed by atoms with van der Waals surface area (Å²) in [5, 5.41) is 3.45. The highest BCUT2D eigenvalue weighted by Crippen LogP contribution is 2.41. The van der Waals surface area contributed by atoms with Crippen LogP contribution in [-0.4, -0.2) is 25.8 Å². The third-order valence-electron chi connectivity index (χ3n) is 4.15. The van der Waals surface area contributed by atoms with Crippen molar-refractivity contribution in [2.45, 2.75) is 56.6 Å². The van der Waals surface area contributed by atoms with Crippen LogP contribution < -0.4 is 5.32 Å². The molecular formula is C12H23NO. The molecule has 0 aliphatic heterocycles. The minimum absolute atomic E-state index is 0.184. The number of nitrogens with one attached hydrogen (secondary N) is 1. The molecule has 2 heteroatoms. The van der Waals surface area contributed by atoms with E-state index < -0.39 is 0 Å².